The van der Waals surface area contributed by atoms with E-state index in [4.69, 9.17) is 4.74 Å². The van der Waals surface area contributed by atoms with Gasteiger partial charge in [-0.3, -0.25) is 0 Å². The van der Waals surface area contributed by atoms with Crippen molar-refractivity contribution in [1.29, 1.82) is 0 Å². The van der Waals surface area contributed by atoms with Gasteiger partial charge in [-0.25, -0.2) is 0 Å². The number of thiol groups is 1. The Hall–Kier alpha value is -0.310. The van der Waals surface area contributed by atoms with Gasteiger partial charge in [0.2, 0.25) is 0 Å². The molecule has 0 spiro atoms. The van der Waals surface area contributed by atoms with Crippen molar-refractivity contribution in [3.05, 3.63) is 10.8 Å². The van der Waals surface area contributed by atoms with Crippen molar-refractivity contribution in [2.45, 2.75) is 6.92 Å². The van der Waals surface area contributed by atoms with Crippen molar-refractivity contribution in [2.24, 2.45) is 0 Å². The van der Waals surface area contributed by atoms with Crippen molar-refractivity contribution < 1.29 is 4.74 Å². The SMILES string of the molecule is CC1=C(S)OCCN1C. The molecule has 0 N–H and O–H groups in total. The highest BCUT2D eigenvalue weighted by Gasteiger charge is 2.10. The van der Waals surface area contributed by atoms with Crippen molar-refractivity contribution in [1.82, 2.24) is 4.90 Å². The number of ether oxygens (including phenoxy) is 1. The van der Waals surface area contributed by atoms with Crippen LogP contribution in [0.25, 0.3) is 0 Å². The zero-order chi connectivity index (χ0) is 6.85. The Morgan fingerprint density at radius 1 is 1.67 bits per heavy atom. The normalized spacial score (nSPS) is 20.1. The molecule has 3 heteroatoms. The van der Waals surface area contributed by atoms with Crippen LogP contribution in [0.2, 0.25) is 0 Å². The Bertz CT molecular complexity index is 144. The van der Waals surface area contributed by atoms with E-state index in [0.29, 0.717) is 0 Å². The van der Waals surface area contributed by atoms with E-state index in [2.05, 4.69) is 17.5 Å². The average Bonchev–Trinajstić information content (AvgIpc) is 1.83. The molecule has 9 heavy (non-hydrogen) atoms. The summed E-state index contributed by atoms with van der Waals surface area (Å²) >= 11 is 4.13. The number of allylic oxidation sites excluding steroid dienone is 1. The van der Waals surface area contributed by atoms with Gasteiger partial charge in [-0.15, -0.1) is 12.6 Å². The summed E-state index contributed by atoms with van der Waals surface area (Å²) in [5.41, 5.74) is 1.12. The first-order valence-corrected chi connectivity index (χ1v) is 3.40. The maximum absolute atomic E-state index is 5.16. The number of hydrogen-bond donors (Lipinski definition) is 1. The first-order chi connectivity index (χ1) is 4.22. The molecule has 0 aromatic heterocycles. The van der Waals surface area contributed by atoms with Gasteiger partial charge in [0.05, 0.1) is 12.2 Å². The van der Waals surface area contributed by atoms with Crippen LogP contribution in [-0.2, 0) is 4.74 Å². The molecule has 2 nitrogen and oxygen atoms in total. The summed E-state index contributed by atoms with van der Waals surface area (Å²) in [4.78, 5) is 2.13. The minimum Gasteiger partial charge on any atom is -0.484 e. The molecule has 0 saturated carbocycles. The molecule has 0 aromatic carbocycles. The third-order valence-corrected chi connectivity index (χ3v) is 2.00. The fraction of sp³-hybridized carbons (Fsp3) is 0.667. The molecule has 0 bridgehead atoms. The summed E-state index contributed by atoms with van der Waals surface area (Å²) in [6.45, 7) is 3.73. The summed E-state index contributed by atoms with van der Waals surface area (Å²) in [5.74, 6) is 0. The van der Waals surface area contributed by atoms with Gasteiger partial charge in [0, 0.05) is 7.05 Å². The highest BCUT2D eigenvalue weighted by Crippen LogP contribution is 2.16. The number of nitrogens with zero attached hydrogens (tertiary/aromatic N) is 1. The van der Waals surface area contributed by atoms with E-state index >= 15 is 0 Å². The molecular weight excluding hydrogens is 134 g/mol. The van der Waals surface area contributed by atoms with E-state index in [-0.39, 0.29) is 0 Å². The molecule has 0 unspecified atom stereocenters. The van der Waals surface area contributed by atoms with Crippen LogP contribution in [0.1, 0.15) is 6.92 Å². The molecule has 1 aliphatic rings. The lowest BCUT2D eigenvalue weighted by molar-refractivity contribution is 0.165. The standard InChI is InChI=1S/C6H11NOS/c1-5-6(9)8-4-3-7(5)2/h9H,3-4H2,1-2H3. The van der Waals surface area contributed by atoms with E-state index in [0.717, 1.165) is 23.9 Å². The lowest BCUT2D eigenvalue weighted by Gasteiger charge is -2.26. The van der Waals surface area contributed by atoms with Gasteiger partial charge in [0.25, 0.3) is 0 Å². The molecule has 52 valence electrons. The first-order valence-electron chi connectivity index (χ1n) is 2.95. The second-order valence-corrected chi connectivity index (χ2v) is 2.57. The van der Waals surface area contributed by atoms with Gasteiger partial charge in [0.15, 0.2) is 5.09 Å². The zero-order valence-electron chi connectivity index (χ0n) is 5.72. The Morgan fingerprint density at radius 3 is 2.78 bits per heavy atom. The summed E-state index contributed by atoms with van der Waals surface area (Å²) in [5, 5.41) is 0.753. The summed E-state index contributed by atoms with van der Waals surface area (Å²) in [6, 6.07) is 0. The van der Waals surface area contributed by atoms with Gasteiger partial charge in [-0.2, -0.15) is 0 Å². The predicted molar refractivity (Wildman–Crippen MR) is 40.3 cm³/mol. The Labute approximate surface area is 60.9 Å². The zero-order valence-corrected chi connectivity index (χ0v) is 6.61. The van der Waals surface area contributed by atoms with Crippen LogP contribution in [0.3, 0.4) is 0 Å². The molecule has 1 heterocycles. The minimum atomic E-state index is 0.753. The van der Waals surface area contributed by atoms with Crippen LogP contribution in [0.4, 0.5) is 0 Å². The van der Waals surface area contributed by atoms with Crippen molar-refractivity contribution >= 4 is 12.6 Å². The molecule has 0 aromatic rings. The average molecular weight is 145 g/mol. The quantitative estimate of drug-likeness (QED) is 0.512. The number of likely N-dealkylation sites (N-methyl/N-ethyl adjacent to an activating group) is 1. The van der Waals surface area contributed by atoms with Crippen molar-refractivity contribution in [3.8, 4) is 0 Å². The van der Waals surface area contributed by atoms with Gasteiger partial charge in [-0.1, -0.05) is 0 Å². The number of hydrogen-bond acceptors (Lipinski definition) is 3. The molecule has 0 atom stereocenters. The number of rotatable bonds is 0. The van der Waals surface area contributed by atoms with Crippen LogP contribution >= 0.6 is 12.6 Å². The van der Waals surface area contributed by atoms with E-state index in [1.54, 1.807) is 0 Å². The van der Waals surface area contributed by atoms with Crippen LogP contribution in [0.15, 0.2) is 10.8 Å². The molecular formula is C6H11NOS. The highest BCUT2D eigenvalue weighted by molar-refractivity contribution is 7.84. The molecule has 1 rings (SSSR count). The monoisotopic (exact) mass is 145 g/mol. The summed E-state index contributed by atoms with van der Waals surface area (Å²) < 4.78 is 5.16. The van der Waals surface area contributed by atoms with Crippen LogP contribution < -0.4 is 0 Å². The third kappa shape index (κ3) is 1.33. The predicted octanol–water partition coefficient (Wildman–Crippen LogP) is 1.07. The highest BCUT2D eigenvalue weighted by atomic mass is 32.1. The Morgan fingerprint density at radius 2 is 2.33 bits per heavy atom. The van der Waals surface area contributed by atoms with Crippen LogP contribution in [-0.4, -0.2) is 25.1 Å². The lowest BCUT2D eigenvalue weighted by atomic mass is 10.4. The summed E-state index contributed by atoms with van der Waals surface area (Å²) in [7, 11) is 2.04. The maximum atomic E-state index is 5.16. The van der Waals surface area contributed by atoms with E-state index in [9.17, 15) is 0 Å². The molecule has 0 fully saturated rings. The molecule has 0 amide bonds. The summed E-state index contributed by atoms with van der Waals surface area (Å²) in [6.07, 6.45) is 0. The van der Waals surface area contributed by atoms with Gasteiger partial charge >= 0.3 is 0 Å². The second-order valence-electron chi connectivity index (χ2n) is 2.16. The first kappa shape index (κ1) is 6.81. The molecule has 0 aliphatic carbocycles. The Balaban J connectivity index is 2.72. The van der Waals surface area contributed by atoms with E-state index in [1.165, 1.54) is 0 Å². The molecule has 0 saturated heterocycles. The lowest BCUT2D eigenvalue weighted by Crippen LogP contribution is -2.26. The second kappa shape index (κ2) is 2.52. The van der Waals surface area contributed by atoms with Crippen molar-refractivity contribution in [2.75, 3.05) is 20.2 Å². The molecule has 1 aliphatic heterocycles. The smallest absolute Gasteiger partial charge is 0.169 e. The van der Waals surface area contributed by atoms with Gasteiger partial charge in [0.1, 0.15) is 6.61 Å². The fourth-order valence-electron chi connectivity index (χ4n) is 0.715. The maximum Gasteiger partial charge on any atom is 0.169 e. The molecule has 0 radical (unpaired) electrons. The largest absolute Gasteiger partial charge is 0.484 e. The minimum absolute atomic E-state index is 0.753. The Kier molecular flexibility index (Phi) is 1.90. The van der Waals surface area contributed by atoms with Crippen molar-refractivity contribution in [3.63, 3.8) is 0 Å². The van der Waals surface area contributed by atoms with Crippen LogP contribution in [0, 0.1) is 0 Å². The van der Waals surface area contributed by atoms with E-state index < -0.39 is 0 Å². The third-order valence-electron chi connectivity index (χ3n) is 1.55. The van der Waals surface area contributed by atoms with E-state index in [1.807, 2.05) is 14.0 Å². The topological polar surface area (TPSA) is 12.5 Å². The van der Waals surface area contributed by atoms with Crippen LogP contribution in [0.5, 0.6) is 0 Å². The van der Waals surface area contributed by atoms with Gasteiger partial charge in [-0.05, 0) is 6.92 Å². The fourth-order valence-corrected chi connectivity index (χ4v) is 0.977. The van der Waals surface area contributed by atoms with Gasteiger partial charge < -0.3 is 9.64 Å².